The number of nitrogens with two attached hydrogens (primary N) is 2. The summed E-state index contributed by atoms with van der Waals surface area (Å²) >= 11 is 0. The minimum absolute atomic E-state index is 0.0724. The molecule has 0 spiro atoms. The number of unbranched alkanes of at least 4 members (excludes halogenated alkanes) is 2. The molecule has 1 aromatic heterocycles. The number of hydrogen-bond acceptors (Lipinski definition) is 13. The Morgan fingerprint density at radius 3 is 2.26 bits per heavy atom. The lowest BCUT2D eigenvalue weighted by Gasteiger charge is -2.28. The van der Waals surface area contributed by atoms with Crippen LogP contribution in [-0.2, 0) is 53.1 Å². The number of imide groups is 1. The number of hydrogen-bond donors (Lipinski definition) is 7. The zero-order valence-corrected chi connectivity index (χ0v) is 44.2. The van der Waals surface area contributed by atoms with Gasteiger partial charge >= 0.3 is 12.1 Å². The number of nitrogens with one attached hydrogen (secondary N) is 5. The smallest absolute Gasteiger partial charge is 0.410 e. The Labute approximate surface area is 447 Å². The molecular weight excluding hydrogens is 989 g/mol. The molecule has 3 aromatic rings. The number of aromatic nitrogens is 1. The Balaban J connectivity index is 0.990. The largest absolute Gasteiger partial charge is 0.445 e. The molecule has 3 aliphatic rings. The predicted octanol–water partition coefficient (Wildman–Crippen LogP) is 4.95. The Hall–Kier alpha value is -8.43. The normalized spacial score (nSPS) is 14.5. The quantitative estimate of drug-likeness (QED) is 0.0438. The monoisotopic (exact) mass is 1060 g/mol. The van der Waals surface area contributed by atoms with Crippen LogP contribution < -0.4 is 38.1 Å². The fraction of sp³-hybridized carbons (Fsp3) is 0.436. The van der Waals surface area contributed by atoms with Gasteiger partial charge in [-0.15, -0.1) is 0 Å². The van der Waals surface area contributed by atoms with Crippen molar-refractivity contribution in [3.05, 3.63) is 100 Å². The zero-order chi connectivity index (χ0) is 55.6. The van der Waals surface area contributed by atoms with Crippen molar-refractivity contribution in [2.24, 2.45) is 22.4 Å². The summed E-state index contributed by atoms with van der Waals surface area (Å²) in [5, 5.41) is 13.7. The van der Waals surface area contributed by atoms with Gasteiger partial charge in [-0.05, 0) is 92.0 Å². The summed E-state index contributed by atoms with van der Waals surface area (Å²) in [7, 11) is 0. The first kappa shape index (κ1) is 57.8. The molecule has 9 N–H and O–H groups in total. The molecule has 0 radical (unpaired) electrons. The maximum Gasteiger partial charge on any atom is 0.410 e. The average molecular weight is 1060 g/mol. The highest BCUT2D eigenvalue weighted by Gasteiger charge is 2.30. The standard InChI is InChI=1S/C55H70N12O10/c1-5-23-65(24-6-2)53(74)38-27-36-15-16-37(29-44(36)62-45(56)30-38)50(71)61-41-28-39-32-66(26-21-42(39)59-31-41)55(76)77-33-35-13-17-40(18-14-35)60-51(72)43(11-10-22-58-54(57)75)63-52(73)49(34(3)4)64-46(68)12-8-7-9-25-67-47(69)19-20-48(67)70/h13-20,27-29,31,34,43,49H,5-12,21-26,30,32-33H2,1-4H3,(H2,56,62)(H,60,72)(H,61,71)(H,63,73)(H,64,68)(H3,57,58,75)/t43-,49-/m0/s1. The SMILES string of the molecule is CCCN(CCC)C(=O)C1=Cc2ccc(C(=O)Nc3cnc4c(c3)CN(C(=O)OCc3ccc(NC(=O)[C@H](CCCNC(N)=O)NC(=O)[C@@H](NC(=O)CCCCCN5C(=O)C=CC5=O)C(C)C)cc3)CC4)cc2N=C(N)C1. The molecule has 0 saturated heterocycles. The minimum atomic E-state index is -1.06. The van der Waals surface area contributed by atoms with Crippen molar-refractivity contribution >= 4 is 82.4 Å². The number of anilines is 2. The Morgan fingerprint density at radius 1 is 0.844 bits per heavy atom. The van der Waals surface area contributed by atoms with Crippen LogP contribution in [0.25, 0.3) is 6.08 Å². The van der Waals surface area contributed by atoms with Crippen molar-refractivity contribution in [3.8, 4) is 0 Å². The van der Waals surface area contributed by atoms with Crippen LogP contribution in [0, 0.1) is 5.92 Å². The van der Waals surface area contributed by atoms with Crippen LogP contribution >= 0.6 is 0 Å². The molecule has 22 nitrogen and oxygen atoms in total. The van der Waals surface area contributed by atoms with Crippen LogP contribution in [0.2, 0.25) is 0 Å². The molecule has 0 fully saturated rings. The van der Waals surface area contributed by atoms with E-state index in [0.717, 1.165) is 29.0 Å². The molecule has 0 bridgehead atoms. The highest BCUT2D eigenvalue weighted by atomic mass is 16.6. The number of carbonyl (C=O) groups is 9. The van der Waals surface area contributed by atoms with Gasteiger partial charge in [0.15, 0.2) is 0 Å². The summed E-state index contributed by atoms with van der Waals surface area (Å²) in [5.74, 6) is -2.76. The molecule has 6 rings (SSSR count). The number of benzene rings is 2. The van der Waals surface area contributed by atoms with E-state index in [2.05, 4.69) is 36.6 Å². The molecule has 2 atom stereocenters. The van der Waals surface area contributed by atoms with Gasteiger partial charge in [0, 0.05) is 92.2 Å². The Kier molecular flexibility index (Phi) is 21.0. The Morgan fingerprint density at radius 2 is 1.57 bits per heavy atom. The van der Waals surface area contributed by atoms with Crippen molar-refractivity contribution < 1.29 is 47.9 Å². The molecule has 22 heteroatoms. The van der Waals surface area contributed by atoms with Crippen LogP contribution in [0.5, 0.6) is 0 Å². The summed E-state index contributed by atoms with van der Waals surface area (Å²) in [4.78, 5) is 129. The third kappa shape index (κ3) is 16.8. The molecule has 4 heterocycles. The third-order valence-electron chi connectivity index (χ3n) is 13.0. The van der Waals surface area contributed by atoms with Crippen molar-refractivity contribution in [1.82, 2.24) is 35.6 Å². The van der Waals surface area contributed by atoms with E-state index in [-0.39, 0.29) is 87.3 Å². The number of carbonyl (C=O) groups excluding carboxylic acids is 9. The van der Waals surface area contributed by atoms with Crippen molar-refractivity contribution in [1.29, 1.82) is 0 Å². The number of pyridine rings is 1. The van der Waals surface area contributed by atoms with Crippen molar-refractivity contribution in [2.75, 3.05) is 43.4 Å². The summed E-state index contributed by atoms with van der Waals surface area (Å²) in [6.07, 6.45) is 9.66. The van der Waals surface area contributed by atoms with Crippen LogP contribution in [0.1, 0.15) is 118 Å². The number of urea groups is 1. The van der Waals surface area contributed by atoms with Crippen LogP contribution in [0.4, 0.5) is 26.7 Å². The first-order valence-electron chi connectivity index (χ1n) is 26.2. The second-order valence-corrected chi connectivity index (χ2v) is 19.5. The lowest BCUT2D eigenvalue weighted by atomic mass is 10.0. The molecule has 77 heavy (non-hydrogen) atoms. The topological polar surface area (TPSA) is 310 Å². The van der Waals surface area contributed by atoms with Gasteiger partial charge in [0.25, 0.3) is 17.7 Å². The van der Waals surface area contributed by atoms with Gasteiger partial charge in [-0.3, -0.25) is 43.4 Å². The Bertz CT molecular complexity index is 2770. The first-order valence-corrected chi connectivity index (χ1v) is 26.2. The van der Waals surface area contributed by atoms with E-state index in [1.54, 1.807) is 79.6 Å². The second kappa shape index (κ2) is 27.9. The molecule has 2 aromatic carbocycles. The van der Waals surface area contributed by atoms with Gasteiger partial charge in [-0.1, -0.05) is 52.3 Å². The highest BCUT2D eigenvalue weighted by Crippen LogP contribution is 2.30. The first-order chi connectivity index (χ1) is 36.9. The fourth-order valence-electron chi connectivity index (χ4n) is 8.94. The highest BCUT2D eigenvalue weighted by molar-refractivity contribution is 6.13. The van der Waals surface area contributed by atoms with Gasteiger partial charge in [-0.25, -0.2) is 14.6 Å². The molecule has 0 saturated carbocycles. The molecular formula is C55H70N12O10. The summed E-state index contributed by atoms with van der Waals surface area (Å²) in [6, 6.07) is 10.7. The van der Waals surface area contributed by atoms with E-state index in [1.165, 1.54) is 12.2 Å². The summed E-state index contributed by atoms with van der Waals surface area (Å²) in [5.41, 5.74) is 16.5. The number of aliphatic imine (C=N–C) groups is 1. The van der Waals surface area contributed by atoms with Crippen LogP contribution in [-0.4, -0.2) is 124 Å². The molecule has 3 aliphatic heterocycles. The fourth-order valence-corrected chi connectivity index (χ4v) is 8.94. The second-order valence-electron chi connectivity index (χ2n) is 19.5. The van der Waals surface area contributed by atoms with Crippen molar-refractivity contribution in [3.63, 3.8) is 0 Å². The average Bonchev–Trinajstić information content (AvgIpc) is 3.61. The van der Waals surface area contributed by atoms with E-state index < -0.39 is 41.9 Å². The predicted molar refractivity (Wildman–Crippen MR) is 289 cm³/mol. The van der Waals surface area contributed by atoms with Gasteiger partial charge in [0.1, 0.15) is 24.5 Å². The minimum Gasteiger partial charge on any atom is -0.445 e. The van der Waals surface area contributed by atoms with E-state index in [4.69, 9.17) is 16.2 Å². The molecule has 10 amide bonds. The number of rotatable bonds is 25. The lowest BCUT2D eigenvalue weighted by Crippen LogP contribution is -2.54. The maximum atomic E-state index is 13.7. The number of amidine groups is 1. The lowest BCUT2D eigenvalue weighted by molar-refractivity contribution is -0.137. The van der Waals surface area contributed by atoms with Crippen LogP contribution in [0.15, 0.2) is 77.4 Å². The van der Waals surface area contributed by atoms with Gasteiger partial charge in [0.05, 0.1) is 24.1 Å². The number of ether oxygens (including phenoxy) is 1. The maximum absolute atomic E-state index is 13.7. The van der Waals surface area contributed by atoms with Crippen LogP contribution in [0.3, 0.4) is 0 Å². The molecule has 410 valence electrons. The van der Waals surface area contributed by atoms with Gasteiger partial charge in [-0.2, -0.15) is 0 Å². The molecule has 0 aliphatic carbocycles. The zero-order valence-electron chi connectivity index (χ0n) is 44.2. The number of fused-ring (bicyclic) bond motifs is 2. The van der Waals surface area contributed by atoms with E-state index in [0.29, 0.717) is 84.6 Å². The summed E-state index contributed by atoms with van der Waals surface area (Å²) in [6.45, 7) is 9.74. The molecule has 0 unspecified atom stereocenters. The number of primary amides is 1. The summed E-state index contributed by atoms with van der Waals surface area (Å²) < 4.78 is 5.67. The van der Waals surface area contributed by atoms with E-state index in [1.807, 2.05) is 18.7 Å². The van der Waals surface area contributed by atoms with E-state index in [9.17, 15) is 43.2 Å². The number of nitrogens with zero attached hydrogens (tertiary/aromatic N) is 5. The number of amides is 10. The van der Waals surface area contributed by atoms with Gasteiger partial charge in [0.2, 0.25) is 23.6 Å². The van der Waals surface area contributed by atoms with Gasteiger partial charge < -0.3 is 52.6 Å². The third-order valence-corrected chi connectivity index (χ3v) is 13.0. The van der Waals surface area contributed by atoms with Crippen molar-refractivity contribution in [2.45, 2.75) is 117 Å². The van der Waals surface area contributed by atoms with E-state index >= 15 is 0 Å².